The minimum atomic E-state index is -1.45. The lowest BCUT2D eigenvalue weighted by atomic mass is 10.0. The Morgan fingerprint density at radius 1 is 0.769 bits per heavy atom. The molecule has 0 aromatic heterocycles. The van der Waals surface area contributed by atoms with E-state index in [1.54, 1.807) is 0 Å². The molecule has 2 rings (SSSR count). The molecule has 0 bridgehead atoms. The van der Waals surface area contributed by atoms with E-state index in [0.29, 0.717) is 5.56 Å². The molecule has 2 aromatic carbocycles. The van der Waals surface area contributed by atoms with E-state index in [2.05, 4.69) is 66.6 Å². The lowest BCUT2D eigenvalue weighted by Crippen LogP contribution is -2.16. The van der Waals surface area contributed by atoms with Gasteiger partial charge in [-0.05, 0) is 41.9 Å². The Kier molecular flexibility index (Phi) is 6.91. The molecule has 1 N–H and O–H groups in total. The Balaban J connectivity index is 2.18. The molecular weight excluding hydrogens is 332 g/mol. The Labute approximate surface area is 157 Å². The van der Waals surface area contributed by atoms with Crippen LogP contribution in [0.15, 0.2) is 54.6 Å². The van der Waals surface area contributed by atoms with Crippen molar-refractivity contribution >= 4 is 8.07 Å². The van der Waals surface area contributed by atoms with Crippen molar-refractivity contribution < 1.29 is 5.11 Å². The number of benzene rings is 2. The zero-order valence-electron chi connectivity index (χ0n) is 15.2. The predicted octanol–water partition coefficient (Wildman–Crippen LogP) is 4.01. The van der Waals surface area contributed by atoms with Gasteiger partial charge in [0.15, 0.2) is 0 Å². The molecule has 1 nitrogen and oxygen atoms in total. The van der Waals surface area contributed by atoms with E-state index in [-0.39, 0.29) is 0 Å². The molecule has 1 unspecified atom stereocenters. The summed E-state index contributed by atoms with van der Waals surface area (Å²) in [7, 11) is -1.45. The van der Waals surface area contributed by atoms with Gasteiger partial charge in [0.05, 0.1) is 0 Å². The number of aliphatic hydroxyl groups is 1. The third-order valence-electron chi connectivity index (χ3n) is 3.20. The summed E-state index contributed by atoms with van der Waals surface area (Å²) in [5.74, 6) is 20.0. The summed E-state index contributed by atoms with van der Waals surface area (Å²) < 4.78 is 0. The highest BCUT2D eigenvalue weighted by Gasteiger charge is 2.08. The quantitative estimate of drug-likeness (QED) is 0.607. The number of hydrogen-bond donors (Lipinski definition) is 1. The van der Waals surface area contributed by atoms with Gasteiger partial charge in [0.25, 0.3) is 0 Å². The third-order valence-corrected chi connectivity index (χ3v) is 4.08. The second-order valence-corrected chi connectivity index (χ2v) is 11.4. The molecule has 1 atom stereocenters. The van der Waals surface area contributed by atoms with Gasteiger partial charge in [-0.15, -0.1) is 5.54 Å². The fourth-order valence-electron chi connectivity index (χ4n) is 1.97. The standard InChI is InChI=1S/C24H20OSi/c1-26(2,3)20-12-11-19-24(25)23-18-10-9-17-22(23)16-8-7-15-21-13-5-4-6-14-21/h4-6,9-10,13-14,17-18,24-25H,1-3H3. The lowest BCUT2D eigenvalue weighted by Gasteiger charge is -2.05. The molecule has 0 aliphatic rings. The molecule has 26 heavy (non-hydrogen) atoms. The van der Waals surface area contributed by atoms with Crippen molar-refractivity contribution in [1.82, 2.24) is 0 Å². The molecule has 0 aliphatic heterocycles. The molecule has 0 fully saturated rings. The molecule has 0 amide bonds. The monoisotopic (exact) mass is 352 g/mol. The van der Waals surface area contributed by atoms with Crippen LogP contribution < -0.4 is 0 Å². The summed E-state index contributed by atoms with van der Waals surface area (Å²) in [4.78, 5) is 0. The SMILES string of the molecule is C[Si](C)(C)C#CC#CC(O)c1ccccc1C#CC#Cc1ccccc1. The van der Waals surface area contributed by atoms with Gasteiger partial charge >= 0.3 is 0 Å². The minimum absolute atomic E-state index is 0.670. The van der Waals surface area contributed by atoms with Crippen LogP contribution in [-0.2, 0) is 0 Å². The van der Waals surface area contributed by atoms with Crippen molar-refractivity contribution in [2.24, 2.45) is 0 Å². The van der Waals surface area contributed by atoms with Crippen LogP contribution in [0, 0.1) is 47.0 Å². The molecule has 0 aliphatic carbocycles. The molecule has 2 aromatic rings. The topological polar surface area (TPSA) is 20.2 Å². The first-order valence-corrected chi connectivity index (χ1v) is 11.8. The number of rotatable bonds is 1. The van der Waals surface area contributed by atoms with E-state index >= 15 is 0 Å². The Bertz CT molecular complexity index is 998. The fraction of sp³-hybridized carbons (Fsp3) is 0.167. The summed E-state index contributed by atoms with van der Waals surface area (Å²) in [6.07, 6.45) is -0.918. The molecule has 0 spiro atoms. The van der Waals surface area contributed by atoms with Gasteiger partial charge < -0.3 is 5.11 Å². The van der Waals surface area contributed by atoms with Crippen molar-refractivity contribution in [3.63, 3.8) is 0 Å². The van der Waals surface area contributed by atoms with Crippen molar-refractivity contribution in [3.8, 4) is 47.0 Å². The third kappa shape index (κ3) is 6.77. The second kappa shape index (κ2) is 9.37. The lowest BCUT2D eigenvalue weighted by molar-refractivity contribution is 0.238. The van der Waals surface area contributed by atoms with E-state index in [1.165, 1.54) is 0 Å². The van der Waals surface area contributed by atoms with Crippen LogP contribution in [0.1, 0.15) is 22.8 Å². The average molecular weight is 353 g/mol. The van der Waals surface area contributed by atoms with E-state index in [9.17, 15) is 5.11 Å². The van der Waals surface area contributed by atoms with Crippen molar-refractivity contribution in [1.29, 1.82) is 0 Å². The van der Waals surface area contributed by atoms with E-state index < -0.39 is 14.2 Å². The van der Waals surface area contributed by atoms with Crippen LogP contribution in [0.2, 0.25) is 19.6 Å². The molecule has 0 saturated carbocycles. The molecule has 2 heteroatoms. The highest BCUT2D eigenvalue weighted by molar-refractivity contribution is 6.83. The number of aliphatic hydroxyl groups excluding tert-OH is 1. The highest BCUT2D eigenvalue weighted by atomic mass is 28.3. The molecule has 0 heterocycles. The first-order chi connectivity index (χ1) is 12.5. The zero-order valence-corrected chi connectivity index (χ0v) is 16.2. The normalized spacial score (nSPS) is 10.5. The van der Waals surface area contributed by atoms with Crippen LogP contribution in [0.25, 0.3) is 0 Å². The van der Waals surface area contributed by atoms with Gasteiger partial charge in [0.2, 0.25) is 0 Å². The summed E-state index contributed by atoms with van der Waals surface area (Å²) in [6.45, 7) is 6.46. The van der Waals surface area contributed by atoms with Crippen LogP contribution in [-0.4, -0.2) is 13.2 Å². The Morgan fingerprint density at radius 3 is 2.15 bits per heavy atom. The van der Waals surface area contributed by atoms with Gasteiger partial charge in [0, 0.05) is 16.7 Å². The Morgan fingerprint density at radius 2 is 1.42 bits per heavy atom. The van der Waals surface area contributed by atoms with Gasteiger partial charge in [-0.3, -0.25) is 0 Å². The smallest absolute Gasteiger partial charge is 0.142 e. The maximum atomic E-state index is 10.3. The van der Waals surface area contributed by atoms with Gasteiger partial charge in [-0.1, -0.05) is 73.8 Å². The predicted molar refractivity (Wildman–Crippen MR) is 110 cm³/mol. The maximum absolute atomic E-state index is 10.3. The van der Waals surface area contributed by atoms with Gasteiger partial charge in [-0.25, -0.2) is 0 Å². The van der Waals surface area contributed by atoms with Crippen LogP contribution in [0.4, 0.5) is 0 Å². The van der Waals surface area contributed by atoms with E-state index in [0.717, 1.165) is 11.1 Å². The van der Waals surface area contributed by atoms with Gasteiger partial charge in [0.1, 0.15) is 14.2 Å². The summed E-state index contributed by atoms with van der Waals surface area (Å²) >= 11 is 0. The van der Waals surface area contributed by atoms with E-state index in [4.69, 9.17) is 0 Å². The summed E-state index contributed by atoms with van der Waals surface area (Å²) in [5.41, 5.74) is 5.46. The molecule has 0 radical (unpaired) electrons. The first kappa shape index (κ1) is 19.2. The molecular formula is C24H20OSi. The average Bonchev–Trinajstić information content (AvgIpc) is 2.62. The van der Waals surface area contributed by atoms with Crippen molar-refractivity contribution in [2.45, 2.75) is 25.7 Å². The zero-order chi connectivity index (χ0) is 18.8. The highest BCUT2D eigenvalue weighted by Crippen LogP contribution is 2.16. The minimum Gasteiger partial charge on any atom is -0.376 e. The second-order valence-electron chi connectivity index (χ2n) is 6.63. The largest absolute Gasteiger partial charge is 0.376 e. The van der Waals surface area contributed by atoms with Crippen molar-refractivity contribution in [3.05, 3.63) is 71.3 Å². The fourth-order valence-corrected chi connectivity index (χ4v) is 2.41. The Hall–Kier alpha value is -3.14. The molecule has 0 saturated heterocycles. The summed E-state index contributed by atoms with van der Waals surface area (Å²) in [6, 6.07) is 17.1. The van der Waals surface area contributed by atoms with Gasteiger partial charge in [-0.2, -0.15) is 0 Å². The van der Waals surface area contributed by atoms with Crippen LogP contribution >= 0.6 is 0 Å². The number of hydrogen-bond acceptors (Lipinski definition) is 1. The maximum Gasteiger partial charge on any atom is 0.142 e. The van der Waals surface area contributed by atoms with Crippen LogP contribution in [0.3, 0.4) is 0 Å². The van der Waals surface area contributed by atoms with E-state index in [1.807, 2.05) is 54.6 Å². The van der Waals surface area contributed by atoms with Crippen LogP contribution in [0.5, 0.6) is 0 Å². The first-order valence-electron chi connectivity index (χ1n) is 8.32. The molecule has 126 valence electrons. The summed E-state index contributed by atoms with van der Waals surface area (Å²) in [5, 5.41) is 10.3. The van der Waals surface area contributed by atoms with Crippen molar-refractivity contribution in [2.75, 3.05) is 0 Å².